The van der Waals surface area contributed by atoms with Crippen molar-refractivity contribution < 1.29 is 4.79 Å². The summed E-state index contributed by atoms with van der Waals surface area (Å²) in [5, 5.41) is 2.44. The van der Waals surface area contributed by atoms with Crippen molar-refractivity contribution in [3.63, 3.8) is 0 Å². The molecule has 0 aromatic heterocycles. The molecule has 106 valence electrons. The highest BCUT2D eigenvalue weighted by Gasteiger charge is 2.22. The third-order valence-corrected chi connectivity index (χ3v) is 4.23. The third kappa shape index (κ3) is 3.69. The van der Waals surface area contributed by atoms with Crippen molar-refractivity contribution >= 4 is 16.6 Å². The molecule has 1 atom stereocenters. The maximum Gasteiger partial charge on any atom is 0.137 e. The van der Waals surface area contributed by atoms with Crippen LogP contribution in [0, 0.1) is 11.3 Å². The minimum atomic E-state index is 0.193. The van der Waals surface area contributed by atoms with Crippen molar-refractivity contribution in [1.29, 1.82) is 0 Å². The van der Waals surface area contributed by atoms with Gasteiger partial charge in [-0.2, -0.15) is 0 Å². The summed E-state index contributed by atoms with van der Waals surface area (Å²) in [5.74, 6) is 0.748. The van der Waals surface area contributed by atoms with E-state index in [0.717, 1.165) is 5.56 Å². The predicted octanol–water partition coefficient (Wildman–Crippen LogP) is 5.02. The van der Waals surface area contributed by atoms with Crippen molar-refractivity contribution in [3.8, 4) is 0 Å². The van der Waals surface area contributed by atoms with E-state index in [1.807, 2.05) is 12.1 Å². The lowest BCUT2D eigenvalue weighted by atomic mass is 9.79. The Morgan fingerprint density at radius 3 is 2.35 bits per heavy atom. The van der Waals surface area contributed by atoms with Crippen molar-refractivity contribution in [2.75, 3.05) is 0 Å². The summed E-state index contributed by atoms with van der Waals surface area (Å²) in [6.45, 7) is 8.75. The lowest BCUT2D eigenvalue weighted by Gasteiger charge is -2.26. The van der Waals surface area contributed by atoms with Crippen LogP contribution in [-0.4, -0.2) is 5.78 Å². The number of carbonyl (C=O) groups is 1. The van der Waals surface area contributed by atoms with Gasteiger partial charge in [-0.3, -0.25) is 4.79 Å². The largest absolute Gasteiger partial charge is 0.299 e. The Kier molecular flexibility index (Phi) is 4.27. The highest BCUT2D eigenvalue weighted by Crippen LogP contribution is 2.28. The van der Waals surface area contributed by atoms with E-state index >= 15 is 0 Å². The lowest BCUT2D eigenvalue weighted by molar-refractivity contribution is -0.120. The number of hydrogen-bond donors (Lipinski definition) is 0. The van der Waals surface area contributed by atoms with Gasteiger partial charge in [-0.15, -0.1) is 0 Å². The number of hydrogen-bond acceptors (Lipinski definition) is 1. The summed E-state index contributed by atoms with van der Waals surface area (Å²) in [5.41, 5.74) is 1.31. The van der Waals surface area contributed by atoms with Crippen LogP contribution in [0.4, 0.5) is 0 Å². The minimum Gasteiger partial charge on any atom is -0.299 e. The molecule has 0 heterocycles. The average Bonchev–Trinajstić information content (AvgIpc) is 2.37. The topological polar surface area (TPSA) is 17.1 Å². The van der Waals surface area contributed by atoms with E-state index in [9.17, 15) is 4.79 Å². The SMILES string of the molecule is CC(CC(=O)Cc1ccc2ccccc2c1)C(C)(C)C. The fraction of sp³-hybridized carbons (Fsp3) is 0.421. The Bertz CT molecular complexity index is 604. The molecule has 0 radical (unpaired) electrons. The summed E-state index contributed by atoms with van der Waals surface area (Å²) in [6, 6.07) is 14.6. The molecule has 0 saturated heterocycles. The molecule has 1 nitrogen and oxygen atoms in total. The van der Waals surface area contributed by atoms with Crippen LogP contribution in [0.3, 0.4) is 0 Å². The second-order valence-electron chi connectivity index (χ2n) is 6.87. The van der Waals surface area contributed by atoms with Gasteiger partial charge in [0.15, 0.2) is 0 Å². The van der Waals surface area contributed by atoms with Gasteiger partial charge in [0, 0.05) is 12.8 Å². The highest BCUT2D eigenvalue weighted by molar-refractivity contribution is 5.86. The molecule has 1 heteroatoms. The van der Waals surface area contributed by atoms with Crippen molar-refractivity contribution in [2.45, 2.75) is 40.5 Å². The smallest absolute Gasteiger partial charge is 0.137 e. The van der Waals surface area contributed by atoms with Crippen LogP contribution in [0.15, 0.2) is 42.5 Å². The number of carbonyl (C=O) groups excluding carboxylic acids is 1. The van der Waals surface area contributed by atoms with Gasteiger partial charge >= 0.3 is 0 Å². The van der Waals surface area contributed by atoms with Crippen LogP contribution in [0.1, 0.15) is 39.7 Å². The molecule has 2 aromatic rings. The third-order valence-electron chi connectivity index (χ3n) is 4.23. The number of ketones is 1. The first-order valence-corrected chi connectivity index (χ1v) is 7.35. The van der Waals surface area contributed by atoms with Gasteiger partial charge in [0.05, 0.1) is 0 Å². The van der Waals surface area contributed by atoms with Gasteiger partial charge in [0.25, 0.3) is 0 Å². The number of benzene rings is 2. The summed E-state index contributed by atoms with van der Waals surface area (Å²) in [4.78, 5) is 12.2. The summed E-state index contributed by atoms with van der Waals surface area (Å²) >= 11 is 0. The van der Waals surface area contributed by atoms with E-state index in [-0.39, 0.29) is 5.41 Å². The van der Waals surface area contributed by atoms with Gasteiger partial charge in [-0.05, 0) is 27.7 Å². The first-order valence-electron chi connectivity index (χ1n) is 7.35. The van der Waals surface area contributed by atoms with E-state index in [1.165, 1.54) is 10.8 Å². The van der Waals surface area contributed by atoms with Gasteiger partial charge < -0.3 is 0 Å². The Morgan fingerprint density at radius 2 is 1.70 bits per heavy atom. The van der Waals surface area contributed by atoms with E-state index < -0.39 is 0 Å². The van der Waals surface area contributed by atoms with E-state index in [1.54, 1.807) is 0 Å². The molecule has 0 amide bonds. The van der Waals surface area contributed by atoms with Gasteiger partial charge in [-0.1, -0.05) is 70.2 Å². The molecule has 20 heavy (non-hydrogen) atoms. The first-order chi connectivity index (χ1) is 9.36. The van der Waals surface area contributed by atoms with Crippen LogP contribution < -0.4 is 0 Å². The summed E-state index contributed by atoms with van der Waals surface area (Å²) in [6.07, 6.45) is 1.21. The zero-order chi connectivity index (χ0) is 14.8. The molecule has 2 aromatic carbocycles. The maximum atomic E-state index is 12.2. The van der Waals surface area contributed by atoms with Gasteiger partial charge in [0.1, 0.15) is 5.78 Å². The predicted molar refractivity (Wildman–Crippen MR) is 85.9 cm³/mol. The second-order valence-corrected chi connectivity index (χ2v) is 6.87. The molecule has 0 N–H and O–H groups in total. The molecule has 0 saturated carbocycles. The average molecular weight is 268 g/mol. The minimum absolute atomic E-state index is 0.193. The van der Waals surface area contributed by atoms with Crippen LogP contribution in [0.25, 0.3) is 10.8 Å². The van der Waals surface area contributed by atoms with E-state index in [2.05, 4.69) is 58.0 Å². The Labute approximate surface area is 122 Å². The normalized spacial score (nSPS) is 13.4. The monoisotopic (exact) mass is 268 g/mol. The van der Waals surface area contributed by atoms with Gasteiger partial charge in [0.2, 0.25) is 0 Å². The van der Waals surface area contributed by atoms with Crippen LogP contribution in [-0.2, 0) is 11.2 Å². The number of Topliss-reactive ketones (excluding diaryl/α,β-unsaturated/α-hetero) is 1. The number of fused-ring (bicyclic) bond motifs is 1. The Hall–Kier alpha value is -1.63. The molecular weight excluding hydrogens is 244 g/mol. The van der Waals surface area contributed by atoms with Crippen LogP contribution in [0.2, 0.25) is 0 Å². The van der Waals surface area contributed by atoms with Crippen LogP contribution in [0.5, 0.6) is 0 Å². The Morgan fingerprint density at radius 1 is 1.05 bits per heavy atom. The standard InChI is InChI=1S/C19H24O/c1-14(19(2,3)4)11-18(20)13-15-9-10-16-7-5-6-8-17(16)12-15/h5-10,12,14H,11,13H2,1-4H3. The van der Waals surface area contributed by atoms with E-state index in [0.29, 0.717) is 24.5 Å². The molecule has 0 aliphatic rings. The first kappa shape index (κ1) is 14.8. The number of rotatable bonds is 4. The zero-order valence-electron chi connectivity index (χ0n) is 12.9. The fourth-order valence-corrected chi connectivity index (χ4v) is 2.30. The molecule has 0 fully saturated rings. The van der Waals surface area contributed by atoms with Crippen molar-refractivity contribution in [2.24, 2.45) is 11.3 Å². The molecule has 2 rings (SSSR count). The highest BCUT2D eigenvalue weighted by atomic mass is 16.1. The van der Waals surface area contributed by atoms with Crippen LogP contribution >= 0.6 is 0 Å². The van der Waals surface area contributed by atoms with E-state index in [4.69, 9.17) is 0 Å². The molecule has 0 aliphatic heterocycles. The second kappa shape index (κ2) is 5.78. The maximum absolute atomic E-state index is 12.2. The van der Waals surface area contributed by atoms with Crippen molar-refractivity contribution in [3.05, 3.63) is 48.0 Å². The molecule has 0 bridgehead atoms. The quantitative estimate of drug-likeness (QED) is 0.760. The Balaban J connectivity index is 2.06. The molecular formula is C19H24O. The van der Waals surface area contributed by atoms with Crippen molar-refractivity contribution in [1.82, 2.24) is 0 Å². The molecule has 0 aliphatic carbocycles. The summed E-state index contributed by atoms with van der Waals surface area (Å²) < 4.78 is 0. The lowest BCUT2D eigenvalue weighted by Crippen LogP contribution is -2.21. The van der Waals surface area contributed by atoms with Gasteiger partial charge in [-0.25, -0.2) is 0 Å². The zero-order valence-corrected chi connectivity index (χ0v) is 12.9. The fourth-order valence-electron chi connectivity index (χ4n) is 2.30. The molecule has 0 spiro atoms. The summed E-state index contributed by atoms with van der Waals surface area (Å²) in [7, 11) is 0. The molecule has 1 unspecified atom stereocenters.